The van der Waals surface area contributed by atoms with Crippen molar-refractivity contribution in [3.8, 4) is 11.8 Å². The number of aliphatic hydroxyl groups excluding tert-OH is 1. The number of hydrogen-bond acceptors (Lipinski definition) is 6. The normalized spacial score (nSPS) is 19.6. The summed E-state index contributed by atoms with van der Waals surface area (Å²) in [6.07, 6.45) is 0. The Balaban J connectivity index is 2.31. The van der Waals surface area contributed by atoms with Gasteiger partial charge in [0.15, 0.2) is 5.76 Å². The monoisotopic (exact) mass is 310 g/mol. The van der Waals surface area contributed by atoms with E-state index < -0.39 is 23.9 Å². The Morgan fingerprint density at radius 3 is 2.78 bits per heavy atom. The maximum Gasteiger partial charge on any atom is 0.228 e. The number of nitrogens with zero attached hydrogens (tertiary/aromatic N) is 1. The first-order valence-corrected chi connectivity index (χ1v) is 7.06. The van der Waals surface area contributed by atoms with Gasteiger partial charge < -0.3 is 14.3 Å². The fourth-order valence-corrected chi connectivity index (χ4v) is 2.80. The molecule has 0 bridgehead atoms. The molecular weight excluding hydrogens is 296 g/mol. The van der Waals surface area contributed by atoms with Crippen LogP contribution in [0.1, 0.15) is 28.6 Å². The van der Waals surface area contributed by atoms with Crippen molar-refractivity contribution in [2.75, 3.05) is 0 Å². The molecule has 116 valence electrons. The molecule has 0 saturated heterocycles. The van der Waals surface area contributed by atoms with Crippen LogP contribution in [0.25, 0.3) is 0 Å². The molecule has 3 rings (SSSR count). The van der Waals surface area contributed by atoms with Crippen LogP contribution < -0.4 is 10.2 Å². The summed E-state index contributed by atoms with van der Waals surface area (Å²) in [4.78, 5) is 12.2. The van der Waals surface area contributed by atoms with E-state index in [0.717, 1.165) is 17.2 Å². The topological polar surface area (TPSA) is 107 Å². The Kier molecular flexibility index (Phi) is 3.72. The van der Waals surface area contributed by atoms with Gasteiger partial charge in [0, 0.05) is 6.07 Å². The van der Waals surface area contributed by atoms with E-state index in [4.69, 9.17) is 14.6 Å². The smallest absolute Gasteiger partial charge is 0.228 e. The van der Waals surface area contributed by atoms with E-state index in [1.165, 1.54) is 0 Å². The molecule has 2 heterocycles. The second kappa shape index (κ2) is 5.71. The van der Waals surface area contributed by atoms with E-state index in [1.807, 2.05) is 31.2 Å². The molecule has 0 radical (unpaired) electrons. The van der Waals surface area contributed by atoms with Gasteiger partial charge in [0.25, 0.3) is 0 Å². The standard InChI is InChI=1S/C17H14N2O4/c1-9-4-2-3-5-11(9)14-12(7-18)17(19)23-15-13(21)6-10(8-20)22-16(14)15/h2-6,12,14,19-20H,8H2,1H3. The molecule has 2 atom stereocenters. The van der Waals surface area contributed by atoms with Crippen LogP contribution in [0.4, 0.5) is 0 Å². The first-order chi connectivity index (χ1) is 11.1. The summed E-state index contributed by atoms with van der Waals surface area (Å²) in [6, 6.07) is 10.6. The Bertz CT molecular complexity index is 879. The minimum absolute atomic E-state index is 0.0908. The number of nitriles is 1. The molecule has 0 spiro atoms. The molecule has 2 unspecified atom stereocenters. The van der Waals surface area contributed by atoms with Crippen LogP contribution in [0.3, 0.4) is 0 Å². The number of hydrogen-bond donors (Lipinski definition) is 2. The summed E-state index contributed by atoms with van der Waals surface area (Å²) in [7, 11) is 0. The molecule has 2 aromatic rings. The molecule has 23 heavy (non-hydrogen) atoms. The number of aliphatic hydroxyl groups is 1. The van der Waals surface area contributed by atoms with E-state index in [9.17, 15) is 15.2 Å². The van der Waals surface area contributed by atoms with Gasteiger partial charge in [0.05, 0.1) is 12.0 Å². The molecule has 1 aliphatic rings. The zero-order chi connectivity index (χ0) is 16.6. The maximum atomic E-state index is 12.2. The van der Waals surface area contributed by atoms with Crippen molar-refractivity contribution < 1.29 is 14.3 Å². The minimum atomic E-state index is -0.902. The summed E-state index contributed by atoms with van der Waals surface area (Å²) in [6.45, 7) is 1.45. The van der Waals surface area contributed by atoms with Crippen molar-refractivity contribution in [1.82, 2.24) is 0 Å². The van der Waals surface area contributed by atoms with E-state index in [-0.39, 0.29) is 23.2 Å². The van der Waals surface area contributed by atoms with Crippen molar-refractivity contribution in [2.24, 2.45) is 5.92 Å². The molecule has 0 saturated carbocycles. The summed E-state index contributed by atoms with van der Waals surface area (Å²) < 4.78 is 10.8. The van der Waals surface area contributed by atoms with Crippen molar-refractivity contribution in [2.45, 2.75) is 19.4 Å². The van der Waals surface area contributed by atoms with E-state index in [0.29, 0.717) is 0 Å². The lowest BCUT2D eigenvalue weighted by molar-refractivity contribution is 0.230. The number of fused-ring (bicyclic) bond motifs is 1. The fourth-order valence-electron chi connectivity index (χ4n) is 2.80. The van der Waals surface area contributed by atoms with Gasteiger partial charge in [-0.1, -0.05) is 24.3 Å². The third kappa shape index (κ3) is 2.41. The zero-order valence-electron chi connectivity index (χ0n) is 12.4. The molecule has 2 N–H and O–H groups in total. The average molecular weight is 310 g/mol. The van der Waals surface area contributed by atoms with E-state index >= 15 is 0 Å². The van der Waals surface area contributed by atoms with Gasteiger partial charge in [-0.3, -0.25) is 10.2 Å². The van der Waals surface area contributed by atoms with Crippen molar-refractivity contribution in [1.29, 1.82) is 10.7 Å². The van der Waals surface area contributed by atoms with Gasteiger partial charge in [-0.15, -0.1) is 0 Å². The second-order valence-corrected chi connectivity index (χ2v) is 5.34. The Morgan fingerprint density at radius 1 is 1.39 bits per heavy atom. The Hall–Kier alpha value is -2.91. The van der Waals surface area contributed by atoms with Crippen LogP contribution >= 0.6 is 0 Å². The SMILES string of the molecule is Cc1ccccc1C1c2oc(CO)cc(=O)c2OC(=N)C1C#N. The zero-order valence-corrected chi connectivity index (χ0v) is 12.4. The lowest BCUT2D eigenvalue weighted by atomic mass is 9.80. The van der Waals surface area contributed by atoms with Gasteiger partial charge in [0.2, 0.25) is 17.1 Å². The number of nitrogens with one attached hydrogen (secondary N) is 1. The van der Waals surface area contributed by atoms with Gasteiger partial charge in [-0.05, 0) is 18.1 Å². The highest BCUT2D eigenvalue weighted by Crippen LogP contribution is 2.41. The van der Waals surface area contributed by atoms with Crippen LogP contribution in [-0.4, -0.2) is 11.0 Å². The largest absolute Gasteiger partial charge is 0.459 e. The quantitative estimate of drug-likeness (QED) is 0.883. The molecule has 0 aliphatic carbocycles. The van der Waals surface area contributed by atoms with E-state index in [2.05, 4.69) is 6.07 Å². The molecule has 6 heteroatoms. The highest BCUT2D eigenvalue weighted by molar-refractivity contribution is 5.84. The molecule has 1 aromatic heterocycles. The third-order valence-corrected chi connectivity index (χ3v) is 3.91. The van der Waals surface area contributed by atoms with Crippen LogP contribution in [0, 0.1) is 29.6 Å². The first kappa shape index (κ1) is 15.0. The van der Waals surface area contributed by atoms with Crippen LogP contribution in [0.5, 0.6) is 5.75 Å². The number of benzene rings is 1. The average Bonchev–Trinajstić information content (AvgIpc) is 2.55. The lowest BCUT2D eigenvalue weighted by Gasteiger charge is -2.29. The predicted molar refractivity (Wildman–Crippen MR) is 81.4 cm³/mol. The van der Waals surface area contributed by atoms with Gasteiger partial charge in [-0.2, -0.15) is 5.26 Å². The molecule has 0 amide bonds. The van der Waals surface area contributed by atoms with Crippen LogP contribution in [0.2, 0.25) is 0 Å². The fraction of sp³-hybridized carbons (Fsp3) is 0.235. The Morgan fingerprint density at radius 2 is 2.13 bits per heavy atom. The highest BCUT2D eigenvalue weighted by Gasteiger charge is 2.41. The van der Waals surface area contributed by atoms with Crippen molar-refractivity contribution >= 4 is 5.90 Å². The van der Waals surface area contributed by atoms with E-state index in [1.54, 1.807) is 0 Å². The van der Waals surface area contributed by atoms with Crippen LogP contribution in [0.15, 0.2) is 39.5 Å². The number of aryl methyl sites for hydroxylation is 1. The summed E-state index contributed by atoms with van der Waals surface area (Å²) in [5, 5.41) is 26.7. The summed E-state index contributed by atoms with van der Waals surface area (Å²) in [5.74, 6) is -1.62. The van der Waals surface area contributed by atoms with Crippen molar-refractivity contribution in [3.63, 3.8) is 0 Å². The second-order valence-electron chi connectivity index (χ2n) is 5.34. The minimum Gasteiger partial charge on any atom is -0.459 e. The maximum absolute atomic E-state index is 12.2. The first-order valence-electron chi connectivity index (χ1n) is 7.06. The number of rotatable bonds is 2. The molecule has 1 aliphatic heterocycles. The predicted octanol–water partition coefficient (Wildman–Crippen LogP) is 2.08. The molecule has 1 aromatic carbocycles. The lowest BCUT2D eigenvalue weighted by Crippen LogP contribution is -2.34. The van der Waals surface area contributed by atoms with Gasteiger partial charge >= 0.3 is 0 Å². The van der Waals surface area contributed by atoms with Crippen molar-refractivity contribution in [3.05, 3.63) is 63.2 Å². The number of ether oxygens (including phenoxy) is 1. The highest BCUT2D eigenvalue weighted by atomic mass is 16.5. The third-order valence-electron chi connectivity index (χ3n) is 3.91. The summed E-state index contributed by atoms with van der Waals surface area (Å²) in [5.41, 5.74) is 1.22. The summed E-state index contributed by atoms with van der Waals surface area (Å²) >= 11 is 0. The van der Waals surface area contributed by atoms with Gasteiger partial charge in [-0.25, -0.2) is 0 Å². The molecule has 6 nitrogen and oxygen atoms in total. The van der Waals surface area contributed by atoms with Crippen LogP contribution in [-0.2, 0) is 6.61 Å². The van der Waals surface area contributed by atoms with Gasteiger partial charge in [0.1, 0.15) is 18.3 Å². The Labute approximate surface area is 132 Å². The molecule has 0 fully saturated rings. The molecular formula is C17H14N2O4.